The van der Waals surface area contributed by atoms with Crippen molar-refractivity contribution in [3.63, 3.8) is 0 Å². The number of hydrogen-bond acceptors (Lipinski definition) is 4. The van der Waals surface area contributed by atoms with Crippen LogP contribution in [-0.2, 0) is 11.3 Å². The fraction of sp³-hybridized carbons (Fsp3) is 0.600. The van der Waals surface area contributed by atoms with E-state index in [9.17, 15) is 4.79 Å². The standard InChI is InChI=1S/C10H15N3OS/c14-10(8-2-1-3-11-6-8)13-7-9-12-4-5-15-9/h4-5,8,11H,1-3,6-7H2,(H,13,14). The molecule has 0 spiro atoms. The lowest BCUT2D eigenvalue weighted by Gasteiger charge is -2.21. The molecule has 1 aromatic rings. The average molecular weight is 225 g/mol. The molecule has 1 aliphatic heterocycles. The van der Waals surface area contributed by atoms with E-state index in [-0.39, 0.29) is 11.8 Å². The minimum absolute atomic E-state index is 0.138. The molecule has 2 N–H and O–H groups in total. The van der Waals surface area contributed by atoms with Crippen LogP contribution in [0.25, 0.3) is 0 Å². The van der Waals surface area contributed by atoms with Crippen LogP contribution < -0.4 is 10.6 Å². The Labute approximate surface area is 93.1 Å². The van der Waals surface area contributed by atoms with Crippen LogP contribution in [0.3, 0.4) is 0 Å². The minimum atomic E-state index is 0.138. The smallest absolute Gasteiger partial charge is 0.224 e. The molecular formula is C10H15N3OS. The maximum absolute atomic E-state index is 11.7. The van der Waals surface area contributed by atoms with Gasteiger partial charge in [0.2, 0.25) is 5.91 Å². The normalized spacial score (nSPS) is 21.2. The zero-order valence-corrected chi connectivity index (χ0v) is 9.35. The summed E-state index contributed by atoms with van der Waals surface area (Å²) in [4.78, 5) is 15.8. The van der Waals surface area contributed by atoms with Crippen LogP contribution >= 0.6 is 11.3 Å². The Morgan fingerprint density at radius 2 is 2.67 bits per heavy atom. The Hall–Kier alpha value is -0.940. The predicted molar refractivity (Wildman–Crippen MR) is 59.6 cm³/mol. The number of piperidine rings is 1. The van der Waals surface area contributed by atoms with Crippen LogP contribution in [0.15, 0.2) is 11.6 Å². The topological polar surface area (TPSA) is 54.0 Å². The lowest BCUT2D eigenvalue weighted by atomic mass is 9.99. The van der Waals surface area contributed by atoms with Crippen molar-refractivity contribution in [2.75, 3.05) is 13.1 Å². The molecule has 0 radical (unpaired) electrons. The second-order valence-corrected chi connectivity index (χ2v) is 4.67. The van der Waals surface area contributed by atoms with Gasteiger partial charge in [0.05, 0.1) is 12.5 Å². The summed E-state index contributed by atoms with van der Waals surface area (Å²) in [6, 6.07) is 0. The highest BCUT2D eigenvalue weighted by Gasteiger charge is 2.20. The van der Waals surface area contributed by atoms with Gasteiger partial charge < -0.3 is 10.6 Å². The molecule has 82 valence electrons. The Morgan fingerprint density at radius 1 is 1.73 bits per heavy atom. The van der Waals surface area contributed by atoms with Gasteiger partial charge in [0.25, 0.3) is 0 Å². The number of nitrogens with zero attached hydrogens (tertiary/aromatic N) is 1. The van der Waals surface area contributed by atoms with E-state index in [4.69, 9.17) is 0 Å². The largest absolute Gasteiger partial charge is 0.349 e. The fourth-order valence-corrected chi connectivity index (χ4v) is 2.28. The van der Waals surface area contributed by atoms with Crippen LogP contribution in [0.2, 0.25) is 0 Å². The average Bonchev–Trinajstić information content (AvgIpc) is 2.80. The number of amides is 1. The third-order valence-electron chi connectivity index (χ3n) is 2.56. The van der Waals surface area contributed by atoms with Gasteiger partial charge in [-0.25, -0.2) is 4.98 Å². The third kappa shape index (κ3) is 3.00. The summed E-state index contributed by atoms with van der Waals surface area (Å²) >= 11 is 1.57. The molecule has 15 heavy (non-hydrogen) atoms. The summed E-state index contributed by atoms with van der Waals surface area (Å²) in [5.74, 6) is 0.288. The summed E-state index contributed by atoms with van der Waals surface area (Å²) in [5, 5.41) is 9.04. The zero-order valence-electron chi connectivity index (χ0n) is 8.53. The summed E-state index contributed by atoms with van der Waals surface area (Å²) in [7, 11) is 0. The van der Waals surface area contributed by atoms with E-state index >= 15 is 0 Å². The van der Waals surface area contributed by atoms with Crippen molar-refractivity contribution in [3.8, 4) is 0 Å². The molecule has 0 saturated carbocycles. The van der Waals surface area contributed by atoms with E-state index in [1.54, 1.807) is 17.5 Å². The van der Waals surface area contributed by atoms with E-state index in [0.717, 1.165) is 30.9 Å². The number of carbonyl (C=O) groups excluding carboxylic acids is 1. The summed E-state index contributed by atoms with van der Waals surface area (Å²) in [6.07, 6.45) is 3.85. The van der Waals surface area contributed by atoms with Crippen LogP contribution in [0.4, 0.5) is 0 Å². The van der Waals surface area contributed by atoms with Gasteiger partial charge in [-0.3, -0.25) is 4.79 Å². The molecule has 2 heterocycles. The predicted octanol–water partition coefficient (Wildman–Crippen LogP) is 0.759. The number of thiazole rings is 1. The minimum Gasteiger partial charge on any atom is -0.349 e. The third-order valence-corrected chi connectivity index (χ3v) is 3.34. The van der Waals surface area contributed by atoms with Crippen molar-refractivity contribution in [2.24, 2.45) is 5.92 Å². The molecule has 1 saturated heterocycles. The molecule has 4 nitrogen and oxygen atoms in total. The number of rotatable bonds is 3. The highest BCUT2D eigenvalue weighted by atomic mass is 32.1. The number of hydrogen-bond donors (Lipinski definition) is 2. The van der Waals surface area contributed by atoms with Gasteiger partial charge >= 0.3 is 0 Å². The van der Waals surface area contributed by atoms with Crippen LogP contribution in [0.1, 0.15) is 17.8 Å². The van der Waals surface area contributed by atoms with Crippen molar-refractivity contribution in [1.82, 2.24) is 15.6 Å². The lowest BCUT2D eigenvalue weighted by Crippen LogP contribution is -2.40. The first-order chi connectivity index (χ1) is 7.36. The van der Waals surface area contributed by atoms with E-state index in [0.29, 0.717) is 6.54 Å². The molecule has 5 heteroatoms. The van der Waals surface area contributed by atoms with E-state index in [1.807, 2.05) is 5.38 Å². The molecule has 1 atom stereocenters. The molecule has 1 aromatic heterocycles. The first-order valence-electron chi connectivity index (χ1n) is 5.23. The van der Waals surface area contributed by atoms with Gasteiger partial charge in [-0.1, -0.05) is 0 Å². The number of nitrogens with one attached hydrogen (secondary N) is 2. The van der Waals surface area contributed by atoms with Crippen molar-refractivity contribution in [2.45, 2.75) is 19.4 Å². The number of aromatic nitrogens is 1. The molecule has 0 aliphatic carbocycles. The first kappa shape index (κ1) is 10.6. The summed E-state index contributed by atoms with van der Waals surface area (Å²) < 4.78 is 0. The van der Waals surface area contributed by atoms with E-state index in [1.165, 1.54) is 0 Å². The van der Waals surface area contributed by atoms with Crippen LogP contribution in [-0.4, -0.2) is 24.0 Å². The van der Waals surface area contributed by atoms with Gasteiger partial charge in [0.15, 0.2) is 0 Å². The first-order valence-corrected chi connectivity index (χ1v) is 6.11. The second kappa shape index (κ2) is 5.23. The SMILES string of the molecule is O=C(NCc1nccs1)C1CCCNC1. The lowest BCUT2D eigenvalue weighted by molar-refractivity contribution is -0.125. The Kier molecular flexibility index (Phi) is 3.69. The van der Waals surface area contributed by atoms with Crippen molar-refractivity contribution >= 4 is 17.2 Å². The molecule has 1 fully saturated rings. The maximum atomic E-state index is 11.7. The van der Waals surface area contributed by atoms with Gasteiger partial charge in [0, 0.05) is 18.1 Å². The zero-order chi connectivity index (χ0) is 10.5. The summed E-state index contributed by atoms with van der Waals surface area (Å²) in [6.45, 7) is 2.41. The molecule has 1 aliphatic rings. The van der Waals surface area contributed by atoms with E-state index in [2.05, 4.69) is 15.6 Å². The molecule has 0 aromatic carbocycles. The molecule has 2 rings (SSSR count). The van der Waals surface area contributed by atoms with Gasteiger partial charge in [0.1, 0.15) is 5.01 Å². The Bertz CT molecular complexity index is 306. The van der Waals surface area contributed by atoms with E-state index < -0.39 is 0 Å². The van der Waals surface area contributed by atoms with Crippen LogP contribution in [0, 0.1) is 5.92 Å². The van der Waals surface area contributed by atoms with Crippen molar-refractivity contribution in [3.05, 3.63) is 16.6 Å². The maximum Gasteiger partial charge on any atom is 0.224 e. The fourth-order valence-electron chi connectivity index (χ4n) is 1.72. The van der Waals surface area contributed by atoms with Gasteiger partial charge in [-0.2, -0.15) is 0 Å². The molecule has 1 amide bonds. The van der Waals surface area contributed by atoms with Gasteiger partial charge in [-0.05, 0) is 19.4 Å². The van der Waals surface area contributed by atoms with Crippen molar-refractivity contribution in [1.29, 1.82) is 0 Å². The summed E-state index contributed by atoms with van der Waals surface area (Å²) in [5.41, 5.74) is 0. The van der Waals surface area contributed by atoms with Gasteiger partial charge in [-0.15, -0.1) is 11.3 Å². The van der Waals surface area contributed by atoms with Crippen molar-refractivity contribution < 1.29 is 4.79 Å². The Balaban J connectivity index is 1.76. The van der Waals surface area contributed by atoms with Crippen LogP contribution in [0.5, 0.6) is 0 Å². The molecule has 1 unspecified atom stereocenters. The molecular weight excluding hydrogens is 210 g/mol. The highest BCUT2D eigenvalue weighted by molar-refractivity contribution is 7.09. The second-order valence-electron chi connectivity index (χ2n) is 3.69. The Morgan fingerprint density at radius 3 is 3.33 bits per heavy atom. The highest BCUT2D eigenvalue weighted by Crippen LogP contribution is 2.10. The molecule has 0 bridgehead atoms. The number of carbonyl (C=O) groups is 1. The quantitative estimate of drug-likeness (QED) is 0.798. The monoisotopic (exact) mass is 225 g/mol.